The molecule has 2 rings (SSSR count). The molecule has 2 nitrogen and oxygen atoms in total. The molecule has 0 unspecified atom stereocenters. The van der Waals surface area contributed by atoms with Gasteiger partial charge < -0.3 is 5.73 Å². The van der Waals surface area contributed by atoms with Crippen molar-refractivity contribution in [1.82, 2.24) is 4.98 Å². The molecule has 0 aromatic carbocycles. The number of aromatic nitrogens is 1. The highest BCUT2D eigenvalue weighted by Gasteiger charge is 2.15. The molecule has 1 aliphatic rings. The number of nitrogens with two attached hydrogens (primary N) is 1. The Morgan fingerprint density at radius 1 is 1.40 bits per heavy atom. The van der Waals surface area contributed by atoms with E-state index in [9.17, 15) is 0 Å². The highest BCUT2D eigenvalue weighted by Crippen LogP contribution is 2.31. The average Bonchev–Trinajstić information content (AvgIpc) is 2.79. The summed E-state index contributed by atoms with van der Waals surface area (Å²) in [6.45, 7) is 0.557. The fourth-order valence-electron chi connectivity index (χ4n) is 2.05. The van der Waals surface area contributed by atoms with Gasteiger partial charge in [0.15, 0.2) is 0 Å². The minimum atomic E-state index is 0.557. The number of pyridine rings is 1. The lowest BCUT2D eigenvalue weighted by atomic mass is 10.2. The molecule has 82 valence electrons. The van der Waals surface area contributed by atoms with E-state index in [0.29, 0.717) is 6.54 Å². The number of hydrogen-bond donors (Lipinski definition) is 1. The Labute approximate surface area is 95.7 Å². The third-order valence-electron chi connectivity index (χ3n) is 2.95. The van der Waals surface area contributed by atoms with Crippen LogP contribution < -0.4 is 5.73 Å². The van der Waals surface area contributed by atoms with E-state index >= 15 is 0 Å². The van der Waals surface area contributed by atoms with Gasteiger partial charge in [0, 0.05) is 23.7 Å². The molecule has 0 bridgehead atoms. The van der Waals surface area contributed by atoms with Gasteiger partial charge in [-0.3, -0.25) is 4.98 Å². The van der Waals surface area contributed by atoms with Crippen LogP contribution in [0.3, 0.4) is 0 Å². The van der Waals surface area contributed by atoms with Gasteiger partial charge in [0.05, 0.1) is 5.69 Å². The van der Waals surface area contributed by atoms with Gasteiger partial charge in [-0.2, -0.15) is 11.8 Å². The van der Waals surface area contributed by atoms with Gasteiger partial charge >= 0.3 is 0 Å². The fraction of sp³-hybridized carbons (Fsp3) is 0.583. The molecule has 0 spiro atoms. The first kappa shape index (κ1) is 11.0. The molecule has 0 aliphatic heterocycles. The van der Waals surface area contributed by atoms with Crippen LogP contribution in [0.2, 0.25) is 0 Å². The van der Waals surface area contributed by atoms with Crippen molar-refractivity contribution in [3.8, 4) is 0 Å². The molecule has 2 N–H and O–H groups in total. The van der Waals surface area contributed by atoms with E-state index in [1.54, 1.807) is 0 Å². The Morgan fingerprint density at radius 2 is 2.20 bits per heavy atom. The number of rotatable bonds is 4. The van der Waals surface area contributed by atoms with Crippen LogP contribution in [0.15, 0.2) is 18.3 Å². The first-order valence-electron chi connectivity index (χ1n) is 5.64. The minimum absolute atomic E-state index is 0.557. The molecule has 0 amide bonds. The Kier molecular flexibility index (Phi) is 4.03. The largest absolute Gasteiger partial charge is 0.325 e. The smallest absolute Gasteiger partial charge is 0.0579 e. The summed E-state index contributed by atoms with van der Waals surface area (Å²) in [4.78, 5) is 4.30. The van der Waals surface area contributed by atoms with Crippen LogP contribution in [0.4, 0.5) is 0 Å². The van der Waals surface area contributed by atoms with Gasteiger partial charge in [0.2, 0.25) is 0 Å². The molecule has 0 saturated heterocycles. The van der Waals surface area contributed by atoms with E-state index in [-0.39, 0.29) is 0 Å². The lowest BCUT2D eigenvalue weighted by molar-refractivity contribution is 0.886. The Bertz CT molecular complexity index is 308. The Hall–Kier alpha value is -0.540. The van der Waals surface area contributed by atoms with Crippen molar-refractivity contribution in [2.75, 3.05) is 0 Å². The maximum Gasteiger partial charge on any atom is 0.0579 e. The maximum absolute atomic E-state index is 5.66. The molecular weight excluding hydrogens is 204 g/mol. The molecule has 0 radical (unpaired) electrons. The number of thioether (sulfide) groups is 1. The van der Waals surface area contributed by atoms with Crippen LogP contribution in [0.1, 0.15) is 36.9 Å². The molecule has 1 aromatic rings. The van der Waals surface area contributed by atoms with Crippen LogP contribution in [0.25, 0.3) is 0 Å². The molecule has 3 heteroatoms. The van der Waals surface area contributed by atoms with Crippen LogP contribution in [0, 0.1) is 0 Å². The van der Waals surface area contributed by atoms with Gasteiger partial charge in [-0.05, 0) is 24.5 Å². The zero-order chi connectivity index (χ0) is 10.5. The molecule has 1 heterocycles. The number of hydrogen-bond acceptors (Lipinski definition) is 3. The molecular formula is C12H18N2S. The molecule has 1 saturated carbocycles. The second kappa shape index (κ2) is 5.52. The quantitative estimate of drug-likeness (QED) is 0.851. The summed E-state index contributed by atoms with van der Waals surface area (Å²) < 4.78 is 0. The van der Waals surface area contributed by atoms with E-state index in [2.05, 4.69) is 22.8 Å². The molecule has 1 aromatic heterocycles. The van der Waals surface area contributed by atoms with Gasteiger partial charge in [-0.15, -0.1) is 0 Å². The van der Waals surface area contributed by atoms with Gasteiger partial charge in [0.1, 0.15) is 0 Å². The normalized spacial score (nSPS) is 17.1. The summed E-state index contributed by atoms with van der Waals surface area (Å²) >= 11 is 2.07. The van der Waals surface area contributed by atoms with Crippen molar-refractivity contribution in [1.29, 1.82) is 0 Å². The highest BCUT2D eigenvalue weighted by molar-refractivity contribution is 7.99. The van der Waals surface area contributed by atoms with Crippen molar-refractivity contribution in [3.63, 3.8) is 0 Å². The van der Waals surface area contributed by atoms with Crippen LogP contribution in [-0.2, 0) is 12.3 Å². The summed E-state index contributed by atoms with van der Waals surface area (Å²) in [5, 5.41) is 0.871. The van der Waals surface area contributed by atoms with Crippen LogP contribution in [-0.4, -0.2) is 10.2 Å². The van der Waals surface area contributed by atoms with E-state index in [1.165, 1.54) is 31.2 Å². The lowest BCUT2D eigenvalue weighted by Gasteiger charge is -2.10. The van der Waals surface area contributed by atoms with Crippen molar-refractivity contribution in [2.45, 2.75) is 43.2 Å². The van der Waals surface area contributed by atoms with E-state index in [0.717, 1.165) is 16.7 Å². The van der Waals surface area contributed by atoms with E-state index in [4.69, 9.17) is 5.73 Å². The predicted octanol–water partition coefficient (Wildman–Crippen LogP) is 2.72. The topological polar surface area (TPSA) is 38.9 Å². The summed E-state index contributed by atoms with van der Waals surface area (Å²) in [6, 6.07) is 4.15. The third kappa shape index (κ3) is 2.95. The Balaban J connectivity index is 1.91. The first-order chi connectivity index (χ1) is 7.40. The fourth-order valence-corrected chi connectivity index (χ4v) is 3.39. The van der Waals surface area contributed by atoms with E-state index < -0.39 is 0 Å². The van der Waals surface area contributed by atoms with Crippen molar-refractivity contribution in [2.24, 2.45) is 5.73 Å². The predicted molar refractivity (Wildman–Crippen MR) is 65.7 cm³/mol. The summed E-state index contributed by atoms with van der Waals surface area (Å²) in [7, 11) is 0. The second-order valence-electron chi connectivity index (χ2n) is 4.03. The number of nitrogens with zero attached hydrogens (tertiary/aromatic N) is 1. The average molecular weight is 222 g/mol. The van der Waals surface area contributed by atoms with Crippen LogP contribution in [0.5, 0.6) is 0 Å². The Morgan fingerprint density at radius 3 is 2.93 bits per heavy atom. The third-order valence-corrected chi connectivity index (χ3v) is 4.38. The summed E-state index contributed by atoms with van der Waals surface area (Å²) in [6.07, 6.45) is 7.43. The van der Waals surface area contributed by atoms with Gasteiger partial charge in [0.25, 0.3) is 0 Å². The molecule has 1 fully saturated rings. The SMILES string of the molecule is NCc1ncccc1CSC1CCCC1. The molecule has 15 heavy (non-hydrogen) atoms. The van der Waals surface area contributed by atoms with Crippen LogP contribution >= 0.6 is 11.8 Å². The summed E-state index contributed by atoms with van der Waals surface area (Å²) in [5.74, 6) is 1.07. The molecule has 0 atom stereocenters. The zero-order valence-electron chi connectivity index (χ0n) is 8.98. The molecule has 1 aliphatic carbocycles. The lowest BCUT2D eigenvalue weighted by Crippen LogP contribution is -2.04. The maximum atomic E-state index is 5.66. The minimum Gasteiger partial charge on any atom is -0.325 e. The van der Waals surface area contributed by atoms with Crippen molar-refractivity contribution >= 4 is 11.8 Å². The van der Waals surface area contributed by atoms with Gasteiger partial charge in [-0.1, -0.05) is 18.9 Å². The van der Waals surface area contributed by atoms with Gasteiger partial charge in [-0.25, -0.2) is 0 Å². The van der Waals surface area contributed by atoms with Crippen molar-refractivity contribution < 1.29 is 0 Å². The first-order valence-corrected chi connectivity index (χ1v) is 6.69. The second-order valence-corrected chi connectivity index (χ2v) is 5.32. The standard InChI is InChI=1S/C12H18N2S/c13-8-12-10(4-3-7-14-12)9-15-11-5-1-2-6-11/h3-4,7,11H,1-2,5-6,8-9,13H2. The summed E-state index contributed by atoms with van der Waals surface area (Å²) in [5.41, 5.74) is 8.04. The van der Waals surface area contributed by atoms with E-state index in [1.807, 2.05) is 12.3 Å². The highest BCUT2D eigenvalue weighted by atomic mass is 32.2. The monoisotopic (exact) mass is 222 g/mol. The zero-order valence-corrected chi connectivity index (χ0v) is 9.80. The van der Waals surface area contributed by atoms with Crippen molar-refractivity contribution in [3.05, 3.63) is 29.6 Å².